The first-order chi connectivity index (χ1) is 15.1. The summed E-state index contributed by atoms with van der Waals surface area (Å²) >= 11 is 0. The highest BCUT2D eigenvalue weighted by Gasteiger charge is 2.09. The maximum atomic E-state index is 12.5. The molecule has 0 radical (unpaired) electrons. The molecule has 4 rings (SSSR count). The number of hydrogen-bond donors (Lipinski definition) is 1. The van der Waals surface area contributed by atoms with E-state index in [1.54, 1.807) is 42.5 Å². The Bertz CT molecular complexity index is 1270. The number of amides is 1. The van der Waals surface area contributed by atoms with E-state index in [0.29, 0.717) is 22.4 Å². The fourth-order valence-corrected chi connectivity index (χ4v) is 3.16. The van der Waals surface area contributed by atoms with Crippen molar-refractivity contribution >= 4 is 28.9 Å². The number of hydrogen-bond acceptors (Lipinski definition) is 4. The fraction of sp³-hybridized carbons (Fsp3) is 0.0385. The van der Waals surface area contributed by atoms with E-state index < -0.39 is 5.97 Å². The summed E-state index contributed by atoms with van der Waals surface area (Å²) in [5, 5.41) is 5.90. The third kappa shape index (κ3) is 4.85. The van der Waals surface area contributed by atoms with E-state index in [1.807, 2.05) is 55.5 Å². The molecule has 0 unspecified atom stereocenters. The minimum Gasteiger partial charge on any atom is -0.423 e. The number of benzene rings is 4. The van der Waals surface area contributed by atoms with Crippen LogP contribution in [0.5, 0.6) is 5.75 Å². The molecule has 0 saturated heterocycles. The van der Waals surface area contributed by atoms with Crippen molar-refractivity contribution in [1.29, 1.82) is 0 Å². The van der Waals surface area contributed by atoms with E-state index in [1.165, 1.54) is 6.21 Å². The predicted molar refractivity (Wildman–Crippen MR) is 122 cm³/mol. The van der Waals surface area contributed by atoms with Gasteiger partial charge in [0.15, 0.2) is 0 Å². The first kappa shape index (κ1) is 20.0. The number of aryl methyl sites for hydroxylation is 1. The van der Waals surface area contributed by atoms with Crippen LogP contribution >= 0.6 is 0 Å². The van der Waals surface area contributed by atoms with Crippen molar-refractivity contribution in [1.82, 2.24) is 5.43 Å². The van der Waals surface area contributed by atoms with Crippen molar-refractivity contribution in [2.45, 2.75) is 6.92 Å². The van der Waals surface area contributed by atoms with Gasteiger partial charge in [-0.05, 0) is 53.6 Å². The second kappa shape index (κ2) is 9.05. The summed E-state index contributed by atoms with van der Waals surface area (Å²) in [5.41, 5.74) is 5.34. The molecule has 0 aromatic heterocycles. The monoisotopic (exact) mass is 408 g/mol. The highest BCUT2D eigenvalue weighted by atomic mass is 16.5. The number of ether oxygens (including phenoxy) is 1. The normalized spacial score (nSPS) is 10.9. The standard InChI is InChI=1S/C26H20N2O3/c1-18-12-14-21(15-13-18)26(30)31-22-9-4-6-19(16-22)17-27-28-25(29)24-11-5-8-20-7-2-3-10-23(20)24/h2-17H,1H3,(H,28,29)/b27-17-. The molecule has 1 N–H and O–H groups in total. The Labute approximate surface area is 180 Å². The van der Waals surface area contributed by atoms with Crippen LogP contribution in [0.2, 0.25) is 0 Å². The van der Waals surface area contributed by atoms with E-state index in [9.17, 15) is 9.59 Å². The van der Waals surface area contributed by atoms with E-state index in [4.69, 9.17) is 4.74 Å². The topological polar surface area (TPSA) is 67.8 Å². The van der Waals surface area contributed by atoms with Gasteiger partial charge in [0.1, 0.15) is 5.75 Å². The lowest BCUT2D eigenvalue weighted by molar-refractivity contribution is 0.0734. The van der Waals surface area contributed by atoms with Gasteiger partial charge in [0, 0.05) is 5.56 Å². The van der Waals surface area contributed by atoms with Crippen LogP contribution in [0.1, 0.15) is 31.8 Å². The Morgan fingerprint density at radius 2 is 1.61 bits per heavy atom. The second-order valence-electron chi connectivity index (χ2n) is 7.05. The van der Waals surface area contributed by atoms with Crippen molar-refractivity contribution < 1.29 is 14.3 Å². The molecular weight excluding hydrogens is 388 g/mol. The van der Waals surface area contributed by atoms with Crippen LogP contribution in [0, 0.1) is 6.92 Å². The van der Waals surface area contributed by atoms with Crippen LogP contribution in [0.15, 0.2) is 96.1 Å². The summed E-state index contributed by atoms with van der Waals surface area (Å²) in [7, 11) is 0. The van der Waals surface area contributed by atoms with Crippen LogP contribution in [0.4, 0.5) is 0 Å². The van der Waals surface area contributed by atoms with Crippen molar-refractivity contribution in [3.63, 3.8) is 0 Å². The molecule has 0 spiro atoms. The lowest BCUT2D eigenvalue weighted by Gasteiger charge is -2.06. The average molecular weight is 408 g/mol. The number of hydrazone groups is 1. The summed E-state index contributed by atoms with van der Waals surface area (Å²) in [5.74, 6) is -0.330. The smallest absolute Gasteiger partial charge is 0.343 e. The molecule has 0 aliphatic carbocycles. The van der Waals surface area contributed by atoms with Crippen LogP contribution in [-0.4, -0.2) is 18.1 Å². The quantitative estimate of drug-likeness (QED) is 0.215. The number of rotatable bonds is 5. The summed E-state index contributed by atoms with van der Waals surface area (Å²) in [4.78, 5) is 24.8. The van der Waals surface area contributed by atoms with Crippen molar-refractivity contribution in [3.8, 4) is 5.75 Å². The maximum Gasteiger partial charge on any atom is 0.343 e. The minimum absolute atomic E-state index is 0.296. The minimum atomic E-state index is -0.432. The van der Waals surface area contributed by atoms with Gasteiger partial charge in [-0.25, -0.2) is 10.2 Å². The highest BCUT2D eigenvalue weighted by molar-refractivity contribution is 6.07. The number of carbonyl (C=O) groups excluding carboxylic acids is 2. The lowest BCUT2D eigenvalue weighted by atomic mass is 10.0. The molecular formula is C26H20N2O3. The SMILES string of the molecule is Cc1ccc(C(=O)Oc2cccc(/C=N\NC(=O)c3cccc4ccccc34)c2)cc1. The van der Waals surface area contributed by atoms with Gasteiger partial charge in [0.05, 0.1) is 11.8 Å². The summed E-state index contributed by atoms with van der Waals surface area (Å²) < 4.78 is 5.44. The van der Waals surface area contributed by atoms with Gasteiger partial charge in [-0.1, -0.05) is 66.2 Å². The molecule has 0 bridgehead atoms. The molecule has 4 aromatic carbocycles. The Kier molecular flexibility index (Phi) is 5.85. The van der Waals surface area contributed by atoms with E-state index >= 15 is 0 Å². The fourth-order valence-electron chi connectivity index (χ4n) is 3.16. The molecule has 31 heavy (non-hydrogen) atoms. The molecule has 0 saturated carbocycles. The zero-order chi connectivity index (χ0) is 21.6. The molecule has 0 aliphatic rings. The van der Waals surface area contributed by atoms with E-state index in [-0.39, 0.29) is 5.91 Å². The molecule has 4 aromatic rings. The molecule has 0 heterocycles. The lowest BCUT2D eigenvalue weighted by Crippen LogP contribution is -2.17. The van der Waals surface area contributed by atoms with Gasteiger partial charge in [-0.3, -0.25) is 4.79 Å². The Balaban J connectivity index is 1.43. The first-order valence-electron chi connectivity index (χ1n) is 9.80. The van der Waals surface area contributed by atoms with Crippen LogP contribution < -0.4 is 10.2 Å². The predicted octanol–water partition coefficient (Wildman–Crippen LogP) is 5.13. The third-order valence-corrected chi connectivity index (χ3v) is 4.77. The van der Waals surface area contributed by atoms with E-state index in [0.717, 1.165) is 16.3 Å². The molecule has 1 amide bonds. The zero-order valence-corrected chi connectivity index (χ0v) is 16.9. The van der Waals surface area contributed by atoms with Gasteiger partial charge in [0.25, 0.3) is 5.91 Å². The van der Waals surface area contributed by atoms with Gasteiger partial charge in [0.2, 0.25) is 0 Å². The van der Waals surface area contributed by atoms with E-state index in [2.05, 4.69) is 10.5 Å². The molecule has 152 valence electrons. The summed E-state index contributed by atoms with van der Waals surface area (Å²) in [6.07, 6.45) is 1.51. The van der Waals surface area contributed by atoms with Crippen molar-refractivity contribution in [3.05, 3.63) is 113 Å². The number of nitrogens with zero attached hydrogens (tertiary/aromatic N) is 1. The third-order valence-electron chi connectivity index (χ3n) is 4.77. The molecule has 0 aliphatic heterocycles. The van der Waals surface area contributed by atoms with Crippen molar-refractivity contribution in [2.75, 3.05) is 0 Å². The highest BCUT2D eigenvalue weighted by Crippen LogP contribution is 2.18. The first-order valence-corrected chi connectivity index (χ1v) is 9.80. The van der Waals surface area contributed by atoms with Crippen molar-refractivity contribution in [2.24, 2.45) is 5.10 Å². The maximum absolute atomic E-state index is 12.5. The van der Waals surface area contributed by atoms with Gasteiger partial charge in [-0.2, -0.15) is 5.10 Å². The van der Waals surface area contributed by atoms with Crippen LogP contribution in [0.25, 0.3) is 10.8 Å². The Morgan fingerprint density at radius 3 is 2.45 bits per heavy atom. The number of esters is 1. The average Bonchev–Trinajstić information content (AvgIpc) is 2.79. The Hall–Kier alpha value is -4.25. The number of fused-ring (bicyclic) bond motifs is 1. The molecule has 5 nitrogen and oxygen atoms in total. The second-order valence-corrected chi connectivity index (χ2v) is 7.05. The van der Waals surface area contributed by atoms with Gasteiger partial charge < -0.3 is 4.74 Å². The van der Waals surface area contributed by atoms with Crippen LogP contribution in [0.3, 0.4) is 0 Å². The largest absolute Gasteiger partial charge is 0.423 e. The van der Waals surface area contributed by atoms with Gasteiger partial charge in [-0.15, -0.1) is 0 Å². The summed E-state index contributed by atoms with van der Waals surface area (Å²) in [6, 6.07) is 27.4. The van der Waals surface area contributed by atoms with Gasteiger partial charge >= 0.3 is 5.97 Å². The molecule has 0 atom stereocenters. The Morgan fingerprint density at radius 1 is 0.871 bits per heavy atom. The molecule has 5 heteroatoms. The molecule has 0 fully saturated rings. The number of carbonyl (C=O) groups is 2. The zero-order valence-electron chi connectivity index (χ0n) is 16.9. The van der Waals surface area contributed by atoms with Crippen LogP contribution in [-0.2, 0) is 0 Å². The summed E-state index contributed by atoms with van der Waals surface area (Å²) in [6.45, 7) is 1.96. The number of nitrogens with one attached hydrogen (secondary N) is 1.